The van der Waals surface area contributed by atoms with Gasteiger partial charge in [-0.05, 0) is 55.3 Å². The van der Waals surface area contributed by atoms with Crippen molar-refractivity contribution in [3.05, 3.63) is 99.9 Å². The lowest BCUT2D eigenvalue weighted by molar-refractivity contribution is 0.0954. The molecule has 1 heterocycles. The smallest absolute Gasteiger partial charge is 0.267 e. The molecule has 0 fully saturated rings. The van der Waals surface area contributed by atoms with E-state index in [0.717, 1.165) is 0 Å². The zero-order valence-electron chi connectivity index (χ0n) is 17.3. The molecule has 32 heavy (non-hydrogen) atoms. The van der Waals surface area contributed by atoms with E-state index in [1.165, 1.54) is 67.0 Å². The summed E-state index contributed by atoms with van der Waals surface area (Å²) in [5.41, 5.74) is 7.10. The normalized spacial score (nSPS) is 11.1. The average molecular weight is 435 g/mol. The minimum Gasteiger partial charge on any atom is -0.267 e. The Morgan fingerprint density at radius 2 is 1.12 bits per heavy atom. The van der Waals surface area contributed by atoms with E-state index in [1.807, 2.05) is 0 Å². The summed E-state index contributed by atoms with van der Waals surface area (Å²) in [6, 6.07) is 12.6. The van der Waals surface area contributed by atoms with Gasteiger partial charge in [0, 0.05) is 0 Å². The van der Waals surface area contributed by atoms with E-state index < -0.39 is 11.8 Å². The Hall–Kier alpha value is -4.27. The number of pyridine rings is 1. The van der Waals surface area contributed by atoms with Crippen LogP contribution in [0.3, 0.4) is 0 Å². The molecule has 0 aliphatic rings. The van der Waals surface area contributed by atoms with Gasteiger partial charge in [-0.3, -0.25) is 14.6 Å². The van der Waals surface area contributed by atoms with Gasteiger partial charge in [-0.1, -0.05) is 24.3 Å². The highest BCUT2D eigenvalue weighted by Gasteiger charge is 2.17. The summed E-state index contributed by atoms with van der Waals surface area (Å²) in [5, 5.41) is 7.70. The van der Waals surface area contributed by atoms with Crippen LogP contribution in [0.15, 0.2) is 64.8 Å². The van der Waals surface area contributed by atoms with Crippen molar-refractivity contribution in [3.63, 3.8) is 0 Å². The van der Waals surface area contributed by atoms with Crippen LogP contribution in [0, 0.1) is 25.5 Å². The summed E-state index contributed by atoms with van der Waals surface area (Å²) in [6.45, 7) is 3.28. The second kappa shape index (κ2) is 10.2. The number of amides is 2. The van der Waals surface area contributed by atoms with Gasteiger partial charge in [0.05, 0.1) is 34.9 Å². The number of benzene rings is 2. The number of nitrogens with one attached hydrogen (secondary N) is 2. The number of hydrazone groups is 2. The molecule has 2 amide bonds. The van der Waals surface area contributed by atoms with E-state index in [4.69, 9.17) is 0 Å². The largest absolute Gasteiger partial charge is 0.273 e. The fourth-order valence-corrected chi connectivity index (χ4v) is 2.73. The maximum Gasteiger partial charge on any atom is 0.273 e. The van der Waals surface area contributed by atoms with Gasteiger partial charge in [-0.25, -0.2) is 19.6 Å². The number of rotatable bonds is 6. The van der Waals surface area contributed by atoms with Crippen LogP contribution >= 0.6 is 0 Å². The molecule has 0 atom stereocenters. The second-order valence-corrected chi connectivity index (χ2v) is 6.76. The number of aromatic nitrogens is 1. The monoisotopic (exact) mass is 435 g/mol. The van der Waals surface area contributed by atoms with E-state index in [0.29, 0.717) is 22.5 Å². The van der Waals surface area contributed by atoms with E-state index in [-0.39, 0.29) is 22.8 Å². The van der Waals surface area contributed by atoms with Crippen LogP contribution in [0.1, 0.15) is 43.2 Å². The second-order valence-electron chi connectivity index (χ2n) is 6.76. The van der Waals surface area contributed by atoms with Gasteiger partial charge in [-0.2, -0.15) is 10.2 Å². The third kappa shape index (κ3) is 5.88. The lowest BCUT2D eigenvalue weighted by Crippen LogP contribution is -2.23. The molecule has 3 aromatic rings. The first-order chi connectivity index (χ1) is 15.3. The van der Waals surface area contributed by atoms with Gasteiger partial charge in [0.25, 0.3) is 11.8 Å². The highest BCUT2D eigenvalue weighted by Crippen LogP contribution is 2.13. The molecule has 9 heteroatoms. The number of hydrogen-bond acceptors (Lipinski definition) is 5. The van der Waals surface area contributed by atoms with Gasteiger partial charge in [0.15, 0.2) is 0 Å². The Labute approximate surface area is 182 Å². The molecule has 2 aromatic carbocycles. The van der Waals surface area contributed by atoms with Crippen molar-refractivity contribution in [2.45, 2.75) is 13.8 Å². The molecule has 0 radical (unpaired) electrons. The van der Waals surface area contributed by atoms with E-state index in [1.54, 1.807) is 13.8 Å². The summed E-state index contributed by atoms with van der Waals surface area (Å²) in [6.07, 6.45) is 2.73. The Morgan fingerprint density at radius 3 is 1.50 bits per heavy atom. The Bertz CT molecular complexity index is 1100. The van der Waals surface area contributed by atoms with Crippen molar-refractivity contribution in [2.24, 2.45) is 10.2 Å². The molecule has 0 bridgehead atoms. The Morgan fingerprint density at radius 1 is 0.750 bits per heavy atom. The molecule has 0 unspecified atom stereocenters. The quantitative estimate of drug-likeness (QED) is 0.458. The van der Waals surface area contributed by atoms with Crippen LogP contribution in [0.5, 0.6) is 0 Å². The summed E-state index contributed by atoms with van der Waals surface area (Å²) in [4.78, 5) is 29.3. The lowest BCUT2D eigenvalue weighted by Gasteiger charge is -2.09. The standard InChI is InChI=1S/C23H19F2N5O2/c1-14-20(22(31)29-26-12-16-3-7-18(24)8-4-16)11-21(15(2)28-14)23(32)30-27-13-17-5-9-19(25)10-6-17/h3-13H,1-2H3,(H,29,31)(H,30,32). The highest BCUT2D eigenvalue weighted by atomic mass is 19.1. The lowest BCUT2D eigenvalue weighted by atomic mass is 10.1. The van der Waals surface area contributed by atoms with Crippen molar-refractivity contribution in [3.8, 4) is 0 Å². The molecule has 0 saturated carbocycles. The molecule has 0 saturated heterocycles. The zero-order valence-corrected chi connectivity index (χ0v) is 17.3. The number of hydrogen-bond donors (Lipinski definition) is 2. The molecule has 0 spiro atoms. The molecule has 0 aliphatic heterocycles. The first-order valence-electron chi connectivity index (χ1n) is 9.49. The average Bonchev–Trinajstić information content (AvgIpc) is 2.76. The number of carbonyl (C=O) groups excluding carboxylic acids is 2. The molecular weight excluding hydrogens is 416 g/mol. The summed E-state index contributed by atoms with van der Waals surface area (Å²) >= 11 is 0. The fraction of sp³-hybridized carbons (Fsp3) is 0.0870. The predicted molar refractivity (Wildman–Crippen MR) is 117 cm³/mol. The van der Waals surface area contributed by atoms with E-state index in [9.17, 15) is 18.4 Å². The van der Waals surface area contributed by atoms with E-state index >= 15 is 0 Å². The van der Waals surface area contributed by atoms with Crippen LogP contribution in [-0.4, -0.2) is 29.2 Å². The third-order valence-electron chi connectivity index (χ3n) is 4.39. The first kappa shape index (κ1) is 22.4. The van der Waals surface area contributed by atoms with Crippen molar-refractivity contribution < 1.29 is 18.4 Å². The Balaban J connectivity index is 1.69. The van der Waals surface area contributed by atoms with Crippen molar-refractivity contribution in [2.75, 3.05) is 0 Å². The summed E-state index contributed by atoms with van der Waals surface area (Å²) < 4.78 is 25.9. The van der Waals surface area contributed by atoms with Crippen molar-refractivity contribution in [1.29, 1.82) is 0 Å². The van der Waals surface area contributed by atoms with Crippen LogP contribution in [-0.2, 0) is 0 Å². The van der Waals surface area contributed by atoms with E-state index in [2.05, 4.69) is 26.0 Å². The van der Waals surface area contributed by atoms with Gasteiger partial charge in [0.2, 0.25) is 0 Å². The van der Waals surface area contributed by atoms with Crippen LogP contribution in [0.25, 0.3) is 0 Å². The zero-order chi connectivity index (χ0) is 23.1. The predicted octanol–water partition coefficient (Wildman–Crippen LogP) is 3.50. The third-order valence-corrected chi connectivity index (χ3v) is 4.39. The van der Waals surface area contributed by atoms with Gasteiger partial charge in [0.1, 0.15) is 11.6 Å². The van der Waals surface area contributed by atoms with Gasteiger partial charge >= 0.3 is 0 Å². The molecule has 3 rings (SSSR count). The first-order valence-corrected chi connectivity index (χ1v) is 9.49. The van der Waals surface area contributed by atoms with Crippen molar-refractivity contribution >= 4 is 24.2 Å². The topological polar surface area (TPSA) is 95.8 Å². The molecular formula is C23H19F2N5O2. The van der Waals surface area contributed by atoms with Crippen molar-refractivity contribution in [1.82, 2.24) is 15.8 Å². The summed E-state index contributed by atoms with van der Waals surface area (Å²) in [5.74, 6) is -1.87. The molecule has 1 aromatic heterocycles. The van der Waals surface area contributed by atoms with Crippen LogP contribution in [0.2, 0.25) is 0 Å². The van der Waals surface area contributed by atoms with Gasteiger partial charge in [-0.15, -0.1) is 0 Å². The molecule has 7 nitrogen and oxygen atoms in total. The number of aryl methyl sites for hydroxylation is 2. The Kier molecular flexibility index (Phi) is 7.12. The highest BCUT2D eigenvalue weighted by molar-refractivity contribution is 6.01. The fourth-order valence-electron chi connectivity index (χ4n) is 2.73. The maximum atomic E-state index is 12.9. The SMILES string of the molecule is Cc1nc(C)c(C(=O)NN=Cc2ccc(F)cc2)cc1C(=O)NN=Cc1ccc(F)cc1. The number of nitrogens with zero attached hydrogens (tertiary/aromatic N) is 3. The molecule has 2 N–H and O–H groups in total. The van der Waals surface area contributed by atoms with Crippen LogP contribution < -0.4 is 10.9 Å². The number of halogens is 2. The van der Waals surface area contributed by atoms with Gasteiger partial charge < -0.3 is 0 Å². The number of carbonyl (C=O) groups is 2. The minimum atomic E-state index is -0.558. The molecule has 162 valence electrons. The minimum absolute atomic E-state index is 0.166. The molecule has 0 aliphatic carbocycles. The van der Waals surface area contributed by atoms with Crippen LogP contribution in [0.4, 0.5) is 8.78 Å². The summed E-state index contributed by atoms with van der Waals surface area (Å²) in [7, 11) is 0. The maximum absolute atomic E-state index is 12.9.